The van der Waals surface area contributed by atoms with Gasteiger partial charge in [0.05, 0.1) is 17.9 Å². The molecule has 1 aromatic carbocycles. The fourth-order valence-corrected chi connectivity index (χ4v) is 1.70. The number of benzene rings is 1. The van der Waals surface area contributed by atoms with Gasteiger partial charge in [-0.05, 0) is 17.7 Å². The van der Waals surface area contributed by atoms with E-state index in [0.717, 1.165) is 26.7 Å². The Hall–Kier alpha value is -2.63. The van der Waals surface area contributed by atoms with Crippen molar-refractivity contribution >= 4 is 17.0 Å². The lowest BCUT2D eigenvalue weighted by molar-refractivity contribution is 0.192. The molecule has 0 unspecified atom stereocenters. The van der Waals surface area contributed by atoms with Crippen molar-refractivity contribution in [1.82, 2.24) is 20.0 Å². The molecule has 0 saturated heterocycles. The highest BCUT2D eigenvalue weighted by Crippen LogP contribution is 2.22. The van der Waals surface area contributed by atoms with Gasteiger partial charge in [-0.15, -0.1) is 0 Å². The molecule has 6 heteroatoms. The molecule has 0 aliphatic rings. The molecule has 0 atom stereocenters. The van der Waals surface area contributed by atoms with Crippen LogP contribution in [0.3, 0.4) is 0 Å². The number of nitrogens with zero attached hydrogens (tertiary/aromatic N) is 3. The third-order valence-corrected chi connectivity index (χ3v) is 2.55. The van der Waals surface area contributed by atoms with Crippen molar-refractivity contribution in [2.24, 2.45) is 0 Å². The summed E-state index contributed by atoms with van der Waals surface area (Å²) in [6.45, 7) is 0. The predicted octanol–water partition coefficient (Wildman–Crippen LogP) is 1.95. The van der Waals surface area contributed by atoms with Crippen molar-refractivity contribution in [2.45, 2.75) is 0 Å². The molecular formula is C11H8N4O2. The fourth-order valence-electron chi connectivity index (χ4n) is 1.70. The number of aromatic nitrogens is 4. The zero-order chi connectivity index (χ0) is 11.8. The first-order chi connectivity index (χ1) is 8.24. The zero-order valence-electron chi connectivity index (χ0n) is 8.66. The van der Waals surface area contributed by atoms with E-state index in [1.165, 1.54) is 12.4 Å². The summed E-state index contributed by atoms with van der Waals surface area (Å²) in [5, 5.41) is 20.3. The van der Waals surface area contributed by atoms with Gasteiger partial charge in [0.1, 0.15) is 0 Å². The fraction of sp³-hybridized carbons (Fsp3) is 0. The van der Waals surface area contributed by atoms with Gasteiger partial charge in [-0.3, -0.25) is 5.10 Å². The smallest absolute Gasteiger partial charge is 0.432 e. The van der Waals surface area contributed by atoms with Crippen molar-refractivity contribution in [3.8, 4) is 11.1 Å². The van der Waals surface area contributed by atoms with Gasteiger partial charge in [0.15, 0.2) is 0 Å². The van der Waals surface area contributed by atoms with Gasteiger partial charge in [-0.25, -0.2) is 4.79 Å². The highest BCUT2D eigenvalue weighted by atomic mass is 16.4. The van der Waals surface area contributed by atoms with Crippen LogP contribution in [0, 0.1) is 0 Å². The van der Waals surface area contributed by atoms with Crippen LogP contribution < -0.4 is 0 Å². The van der Waals surface area contributed by atoms with Gasteiger partial charge in [-0.2, -0.15) is 14.9 Å². The molecule has 2 heterocycles. The quantitative estimate of drug-likeness (QED) is 0.666. The highest BCUT2D eigenvalue weighted by molar-refractivity contribution is 5.84. The second-order valence-electron chi connectivity index (χ2n) is 3.63. The molecule has 3 rings (SSSR count). The maximum atomic E-state index is 10.7. The third kappa shape index (κ3) is 1.55. The number of H-pyrrole nitrogens is 1. The van der Waals surface area contributed by atoms with E-state index < -0.39 is 6.09 Å². The number of carbonyl (C=O) groups is 1. The largest absolute Gasteiger partial charge is 0.463 e. The van der Waals surface area contributed by atoms with Gasteiger partial charge in [0.25, 0.3) is 0 Å². The molecule has 0 spiro atoms. The van der Waals surface area contributed by atoms with Crippen molar-refractivity contribution in [3.63, 3.8) is 0 Å². The second kappa shape index (κ2) is 3.44. The Morgan fingerprint density at radius 3 is 2.94 bits per heavy atom. The number of rotatable bonds is 1. The molecule has 6 nitrogen and oxygen atoms in total. The summed E-state index contributed by atoms with van der Waals surface area (Å²) in [5.41, 5.74) is 2.61. The van der Waals surface area contributed by atoms with Crippen LogP contribution in [-0.2, 0) is 0 Å². The van der Waals surface area contributed by atoms with E-state index >= 15 is 0 Å². The Kier molecular flexibility index (Phi) is 1.94. The standard InChI is InChI=1S/C11H8N4O2/c16-11(17)15-6-9(5-13-15)7-1-2-10-8(3-7)4-12-14-10/h1-6H,(H,12,14)(H,16,17). The minimum atomic E-state index is -1.10. The summed E-state index contributed by atoms with van der Waals surface area (Å²) in [6, 6.07) is 5.72. The first kappa shape index (κ1) is 9.59. The van der Waals surface area contributed by atoms with Gasteiger partial charge < -0.3 is 5.11 Å². The lowest BCUT2D eigenvalue weighted by Gasteiger charge is -1.96. The maximum Gasteiger partial charge on any atom is 0.432 e. The number of nitrogens with one attached hydrogen (secondary N) is 1. The van der Waals surface area contributed by atoms with Gasteiger partial charge >= 0.3 is 6.09 Å². The van der Waals surface area contributed by atoms with Crippen molar-refractivity contribution in [3.05, 3.63) is 36.8 Å². The molecular weight excluding hydrogens is 220 g/mol. The van der Waals surface area contributed by atoms with E-state index in [-0.39, 0.29) is 0 Å². The zero-order valence-corrected chi connectivity index (χ0v) is 8.66. The molecule has 0 fully saturated rings. The normalized spacial score (nSPS) is 10.8. The molecule has 2 N–H and O–H groups in total. The van der Waals surface area contributed by atoms with Crippen molar-refractivity contribution < 1.29 is 9.90 Å². The minimum absolute atomic E-state index is 0.760. The lowest BCUT2D eigenvalue weighted by atomic mass is 10.1. The monoisotopic (exact) mass is 228 g/mol. The molecule has 17 heavy (non-hydrogen) atoms. The summed E-state index contributed by atoms with van der Waals surface area (Å²) < 4.78 is 0.884. The molecule has 2 aromatic heterocycles. The van der Waals surface area contributed by atoms with Crippen LogP contribution in [0.15, 0.2) is 36.8 Å². The van der Waals surface area contributed by atoms with E-state index in [0.29, 0.717) is 0 Å². The summed E-state index contributed by atoms with van der Waals surface area (Å²) in [5.74, 6) is 0. The topological polar surface area (TPSA) is 83.8 Å². The lowest BCUT2D eigenvalue weighted by Crippen LogP contribution is -2.07. The Morgan fingerprint density at radius 1 is 1.29 bits per heavy atom. The summed E-state index contributed by atoms with van der Waals surface area (Å²) in [4.78, 5) is 10.7. The molecule has 84 valence electrons. The number of fused-ring (bicyclic) bond motifs is 1. The molecule has 0 bridgehead atoms. The molecule has 0 aliphatic heterocycles. The van der Waals surface area contributed by atoms with Crippen molar-refractivity contribution in [2.75, 3.05) is 0 Å². The van der Waals surface area contributed by atoms with Crippen LogP contribution in [0.25, 0.3) is 22.0 Å². The van der Waals surface area contributed by atoms with E-state index in [2.05, 4.69) is 15.3 Å². The molecule has 3 aromatic rings. The van der Waals surface area contributed by atoms with Crippen LogP contribution in [-0.4, -0.2) is 31.2 Å². The first-order valence-electron chi connectivity index (χ1n) is 4.95. The van der Waals surface area contributed by atoms with E-state index in [1.54, 1.807) is 6.20 Å². The average molecular weight is 228 g/mol. The highest BCUT2D eigenvalue weighted by Gasteiger charge is 2.07. The molecule has 0 radical (unpaired) electrons. The average Bonchev–Trinajstić information content (AvgIpc) is 2.97. The second-order valence-corrected chi connectivity index (χ2v) is 3.63. The Balaban J connectivity index is 2.09. The SMILES string of the molecule is O=C(O)n1cc(-c2ccc3[nH]ncc3c2)cn1. The van der Waals surface area contributed by atoms with Crippen LogP contribution in [0.2, 0.25) is 0 Å². The van der Waals surface area contributed by atoms with E-state index in [4.69, 9.17) is 5.11 Å². The predicted molar refractivity (Wildman–Crippen MR) is 60.7 cm³/mol. The number of carboxylic acid groups (broad SMARTS) is 1. The Bertz CT molecular complexity index is 698. The number of aromatic amines is 1. The first-order valence-corrected chi connectivity index (χ1v) is 4.95. The van der Waals surface area contributed by atoms with Crippen molar-refractivity contribution in [1.29, 1.82) is 0 Å². The molecule has 0 saturated carbocycles. The van der Waals surface area contributed by atoms with Gasteiger partial charge in [0, 0.05) is 17.1 Å². The summed E-state index contributed by atoms with van der Waals surface area (Å²) in [7, 11) is 0. The van der Waals surface area contributed by atoms with Crippen LogP contribution >= 0.6 is 0 Å². The number of hydrogen-bond acceptors (Lipinski definition) is 3. The van der Waals surface area contributed by atoms with Crippen LogP contribution in [0.5, 0.6) is 0 Å². The van der Waals surface area contributed by atoms with Gasteiger partial charge in [-0.1, -0.05) is 6.07 Å². The third-order valence-electron chi connectivity index (χ3n) is 2.55. The minimum Gasteiger partial charge on any atom is -0.463 e. The summed E-state index contributed by atoms with van der Waals surface area (Å²) in [6.07, 6.45) is 3.63. The Morgan fingerprint density at radius 2 is 2.18 bits per heavy atom. The summed E-state index contributed by atoms with van der Waals surface area (Å²) >= 11 is 0. The maximum absolute atomic E-state index is 10.7. The molecule has 0 amide bonds. The van der Waals surface area contributed by atoms with E-state index in [1.807, 2.05) is 18.2 Å². The number of hydrogen-bond donors (Lipinski definition) is 2. The van der Waals surface area contributed by atoms with E-state index in [9.17, 15) is 4.79 Å². The van der Waals surface area contributed by atoms with Gasteiger partial charge in [0.2, 0.25) is 0 Å². The Labute approximate surface area is 95.5 Å². The van der Waals surface area contributed by atoms with Crippen LogP contribution in [0.4, 0.5) is 4.79 Å². The molecule has 0 aliphatic carbocycles. The van der Waals surface area contributed by atoms with Crippen LogP contribution in [0.1, 0.15) is 0 Å².